The van der Waals surface area contributed by atoms with E-state index < -0.39 is 18.2 Å². The Balaban J connectivity index is 2.00. The number of hydrogen-bond acceptors (Lipinski definition) is 4. The number of para-hydroxylation sites is 2. The van der Waals surface area contributed by atoms with Gasteiger partial charge in [-0.05, 0) is 31.9 Å². The SMILES string of the molecule is CCOc1ccccc1NC(=O)[C@@H]1CC[C@H](C(=O)O)O1. The Morgan fingerprint density at radius 1 is 1.35 bits per heavy atom. The molecule has 20 heavy (non-hydrogen) atoms. The molecule has 2 N–H and O–H groups in total. The van der Waals surface area contributed by atoms with Crippen molar-refractivity contribution in [2.75, 3.05) is 11.9 Å². The van der Waals surface area contributed by atoms with Gasteiger partial charge in [0.05, 0.1) is 12.3 Å². The van der Waals surface area contributed by atoms with E-state index in [9.17, 15) is 9.59 Å². The van der Waals surface area contributed by atoms with Crippen LogP contribution in [0.2, 0.25) is 0 Å². The summed E-state index contributed by atoms with van der Waals surface area (Å²) >= 11 is 0. The number of nitrogens with one attached hydrogen (secondary N) is 1. The molecule has 1 fully saturated rings. The predicted molar refractivity (Wildman–Crippen MR) is 71.8 cm³/mol. The summed E-state index contributed by atoms with van der Waals surface area (Å²) in [4.78, 5) is 22.8. The van der Waals surface area contributed by atoms with E-state index >= 15 is 0 Å². The quantitative estimate of drug-likeness (QED) is 0.856. The van der Waals surface area contributed by atoms with Gasteiger partial charge in [-0.2, -0.15) is 0 Å². The van der Waals surface area contributed by atoms with Crippen molar-refractivity contribution in [1.82, 2.24) is 0 Å². The summed E-state index contributed by atoms with van der Waals surface area (Å²) in [7, 11) is 0. The fourth-order valence-electron chi connectivity index (χ4n) is 2.08. The predicted octanol–water partition coefficient (Wildman–Crippen LogP) is 1.66. The molecule has 6 nitrogen and oxygen atoms in total. The first-order valence-electron chi connectivity index (χ1n) is 6.52. The van der Waals surface area contributed by atoms with E-state index in [4.69, 9.17) is 14.6 Å². The molecule has 108 valence electrons. The molecule has 1 aliphatic heterocycles. The molecule has 0 saturated carbocycles. The lowest BCUT2D eigenvalue weighted by Gasteiger charge is -2.14. The molecule has 1 heterocycles. The highest BCUT2D eigenvalue weighted by atomic mass is 16.5. The minimum absolute atomic E-state index is 0.346. The maximum Gasteiger partial charge on any atom is 0.332 e. The number of ether oxygens (including phenoxy) is 2. The number of aliphatic carboxylic acids is 1. The van der Waals surface area contributed by atoms with Crippen LogP contribution >= 0.6 is 0 Å². The van der Waals surface area contributed by atoms with Gasteiger partial charge >= 0.3 is 5.97 Å². The molecule has 2 atom stereocenters. The normalized spacial score (nSPS) is 21.4. The molecule has 1 aromatic carbocycles. The Labute approximate surface area is 116 Å². The van der Waals surface area contributed by atoms with E-state index in [0.29, 0.717) is 30.9 Å². The first-order valence-corrected chi connectivity index (χ1v) is 6.52. The zero-order chi connectivity index (χ0) is 14.5. The lowest BCUT2D eigenvalue weighted by molar-refractivity contribution is -0.150. The molecule has 1 amide bonds. The van der Waals surface area contributed by atoms with Gasteiger partial charge in [0.25, 0.3) is 5.91 Å². The van der Waals surface area contributed by atoms with Crippen LogP contribution in [0.15, 0.2) is 24.3 Å². The van der Waals surface area contributed by atoms with Crippen molar-refractivity contribution >= 4 is 17.6 Å². The van der Waals surface area contributed by atoms with E-state index in [0.717, 1.165) is 0 Å². The number of benzene rings is 1. The molecule has 1 aliphatic rings. The van der Waals surface area contributed by atoms with Gasteiger partial charge in [0.15, 0.2) is 6.10 Å². The Morgan fingerprint density at radius 2 is 2.05 bits per heavy atom. The van der Waals surface area contributed by atoms with Gasteiger partial charge in [-0.15, -0.1) is 0 Å². The van der Waals surface area contributed by atoms with Gasteiger partial charge in [0.1, 0.15) is 11.9 Å². The van der Waals surface area contributed by atoms with Crippen molar-refractivity contribution in [3.05, 3.63) is 24.3 Å². The third-order valence-corrected chi connectivity index (χ3v) is 3.03. The summed E-state index contributed by atoms with van der Waals surface area (Å²) in [5.41, 5.74) is 0.557. The Bertz CT molecular complexity index is 502. The Kier molecular flexibility index (Phi) is 4.57. The van der Waals surface area contributed by atoms with Crippen molar-refractivity contribution < 1.29 is 24.2 Å². The third-order valence-electron chi connectivity index (χ3n) is 3.03. The fourth-order valence-corrected chi connectivity index (χ4v) is 2.08. The Morgan fingerprint density at radius 3 is 2.70 bits per heavy atom. The molecule has 2 rings (SSSR count). The lowest BCUT2D eigenvalue weighted by Crippen LogP contribution is -2.30. The molecule has 0 radical (unpaired) electrons. The second kappa shape index (κ2) is 6.38. The third kappa shape index (κ3) is 3.27. The van der Waals surface area contributed by atoms with Crippen LogP contribution < -0.4 is 10.1 Å². The smallest absolute Gasteiger partial charge is 0.332 e. The minimum atomic E-state index is -1.03. The summed E-state index contributed by atoms with van der Waals surface area (Å²) in [5, 5.41) is 11.6. The highest BCUT2D eigenvalue weighted by Crippen LogP contribution is 2.26. The minimum Gasteiger partial charge on any atom is -0.492 e. The van der Waals surface area contributed by atoms with Crippen molar-refractivity contribution in [2.45, 2.75) is 32.0 Å². The molecular formula is C14H17NO5. The number of anilines is 1. The number of hydrogen-bond donors (Lipinski definition) is 2. The van der Waals surface area contributed by atoms with E-state index in [2.05, 4.69) is 5.32 Å². The van der Waals surface area contributed by atoms with Crippen molar-refractivity contribution in [3.63, 3.8) is 0 Å². The van der Waals surface area contributed by atoms with Gasteiger partial charge in [0.2, 0.25) is 0 Å². The van der Waals surface area contributed by atoms with Crippen LogP contribution in [0.25, 0.3) is 0 Å². The van der Waals surface area contributed by atoms with E-state index in [1.807, 2.05) is 13.0 Å². The molecule has 1 saturated heterocycles. The van der Waals surface area contributed by atoms with Crippen LogP contribution in [-0.4, -0.2) is 35.8 Å². The maximum absolute atomic E-state index is 12.1. The van der Waals surface area contributed by atoms with Gasteiger partial charge in [-0.1, -0.05) is 12.1 Å². The van der Waals surface area contributed by atoms with Crippen LogP contribution in [0.4, 0.5) is 5.69 Å². The summed E-state index contributed by atoms with van der Waals surface area (Å²) in [6, 6.07) is 7.09. The van der Waals surface area contributed by atoms with Crippen LogP contribution in [0, 0.1) is 0 Å². The van der Waals surface area contributed by atoms with Crippen molar-refractivity contribution in [3.8, 4) is 5.75 Å². The first-order chi connectivity index (χ1) is 9.61. The fraction of sp³-hybridized carbons (Fsp3) is 0.429. The summed E-state index contributed by atoms with van der Waals surface area (Å²) in [6.45, 7) is 2.35. The molecule has 0 unspecified atom stereocenters. The molecule has 6 heteroatoms. The summed E-state index contributed by atoms with van der Waals surface area (Å²) in [6.07, 6.45) is -0.876. The number of carboxylic acid groups (broad SMARTS) is 1. The highest BCUT2D eigenvalue weighted by molar-refractivity contribution is 5.96. The topological polar surface area (TPSA) is 84.9 Å². The Hall–Kier alpha value is -2.08. The largest absolute Gasteiger partial charge is 0.492 e. The average Bonchev–Trinajstić information content (AvgIpc) is 2.91. The number of amides is 1. The highest BCUT2D eigenvalue weighted by Gasteiger charge is 2.34. The second-order valence-corrected chi connectivity index (χ2v) is 4.45. The zero-order valence-corrected chi connectivity index (χ0v) is 11.2. The first kappa shape index (κ1) is 14.3. The van der Waals surface area contributed by atoms with E-state index in [1.165, 1.54) is 0 Å². The van der Waals surface area contributed by atoms with Crippen molar-refractivity contribution in [1.29, 1.82) is 0 Å². The molecule has 0 bridgehead atoms. The summed E-state index contributed by atoms with van der Waals surface area (Å²) < 4.78 is 10.6. The molecular weight excluding hydrogens is 262 g/mol. The number of carbonyl (C=O) groups excluding carboxylic acids is 1. The lowest BCUT2D eigenvalue weighted by atomic mass is 10.2. The van der Waals surface area contributed by atoms with Gasteiger partial charge in [-0.3, -0.25) is 4.79 Å². The monoisotopic (exact) mass is 279 g/mol. The average molecular weight is 279 g/mol. The van der Waals surface area contributed by atoms with E-state index in [1.54, 1.807) is 18.2 Å². The molecule has 0 aromatic heterocycles. The van der Waals surface area contributed by atoms with Crippen LogP contribution in [0.1, 0.15) is 19.8 Å². The van der Waals surface area contributed by atoms with Gasteiger partial charge in [-0.25, -0.2) is 4.79 Å². The van der Waals surface area contributed by atoms with Gasteiger partial charge in [0, 0.05) is 0 Å². The number of carboxylic acids is 1. The van der Waals surface area contributed by atoms with Gasteiger partial charge < -0.3 is 19.9 Å². The zero-order valence-electron chi connectivity index (χ0n) is 11.2. The number of carbonyl (C=O) groups is 2. The van der Waals surface area contributed by atoms with Crippen LogP contribution in [0.3, 0.4) is 0 Å². The second-order valence-electron chi connectivity index (χ2n) is 4.45. The molecule has 0 aliphatic carbocycles. The molecule has 1 aromatic rings. The van der Waals surface area contributed by atoms with Crippen LogP contribution in [0.5, 0.6) is 5.75 Å². The van der Waals surface area contributed by atoms with Crippen molar-refractivity contribution in [2.24, 2.45) is 0 Å². The van der Waals surface area contributed by atoms with Crippen LogP contribution in [-0.2, 0) is 14.3 Å². The van der Waals surface area contributed by atoms with E-state index in [-0.39, 0.29) is 5.91 Å². The standard InChI is InChI=1S/C14H17NO5/c1-2-19-10-6-4-3-5-9(10)15-13(16)11-7-8-12(20-11)14(17)18/h3-6,11-12H,2,7-8H2,1H3,(H,15,16)(H,17,18)/t11-,12+/m0/s1. The number of rotatable bonds is 5. The summed E-state index contributed by atoms with van der Waals surface area (Å²) in [5.74, 6) is -0.799. The maximum atomic E-state index is 12.1. The molecule has 0 spiro atoms.